The van der Waals surface area contributed by atoms with Crippen molar-refractivity contribution in [3.05, 3.63) is 52.5 Å². The summed E-state index contributed by atoms with van der Waals surface area (Å²) in [6.07, 6.45) is 2.42. The lowest BCUT2D eigenvalue weighted by atomic mass is 9.97. The summed E-state index contributed by atoms with van der Waals surface area (Å²) < 4.78 is 1.13. The Morgan fingerprint density at radius 1 is 0.941 bits per heavy atom. The van der Waals surface area contributed by atoms with Crippen LogP contribution in [0.15, 0.2) is 46.9 Å². The SMILES string of the molecule is Brc1ccc(-c2ccc3c(c2)CCCN3)cc1. The summed E-state index contributed by atoms with van der Waals surface area (Å²) >= 11 is 3.47. The monoisotopic (exact) mass is 287 g/mol. The highest BCUT2D eigenvalue weighted by atomic mass is 79.9. The van der Waals surface area contributed by atoms with Crippen molar-refractivity contribution in [2.45, 2.75) is 12.8 Å². The molecule has 17 heavy (non-hydrogen) atoms. The largest absolute Gasteiger partial charge is 0.385 e. The summed E-state index contributed by atoms with van der Waals surface area (Å²) in [7, 11) is 0. The Kier molecular flexibility index (Phi) is 2.89. The number of aryl methyl sites for hydroxylation is 1. The van der Waals surface area contributed by atoms with Gasteiger partial charge in [0, 0.05) is 16.7 Å². The van der Waals surface area contributed by atoms with Crippen LogP contribution in [0.25, 0.3) is 11.1 Å². The number of hydrogen-bond donors (Lipinski definition) is 1. The van der Waals surface area contributed by atoms with Gasteiger partial charge in [-0.3, -0.25) is 0 Å². The fraction of sp³-hybridized carbons (Fsp3) is 0.200. The van der Waals surface area contributed by atoms with Gasteiger partial charge < -0.3 is 5.32 Å². The second-order valence-electron chi connectivity index (χ2n) is 4.41. The molecule has 0 aromatic heterocycles. The highest BCUT2D eigenvalue weighted by Crippen LogP contribution is 2.28. The molecular formula is C15H14BrN. The zero-order valence-electron chi connectivity index (χ0n) is 9.54. The Bertz CT molecular complexity index is 531. The van der Waals surface area contributed by atoms with Gasteiger partial charge in [-0.25, -0.2) is 0 Å². The predicted molar refractivity (Wildman–Crippen MR) is 76.4 cm³/mol. The molecule has 1 heterocycles. The molecule has 0 atom stereocenters. The van der Waals surface area contributed by atoms with Crippen molar-refractivity contribution in [2.75, 3.05) is 11.9 Å². The van der Waals surface area contributed by atoms with Crippen LogP contribution < -0.4 is 5.32 Å². The lowest BCUT2D eigenvalue weighted by Gasteiger charge is -2.18. The third-order valence-corrected chi connectivity index (χ3v) is 3.75. The van der Waals surface area contributed by atoms with E-state index in [1.165, 1.54) is 35.2 Å². The number of anilines is 1. The van der Waals surface area contributed by atoms with Crippen LogP contribution in [-0.4, -0.2) is 6.54 Å². The van der Waals surface area contributed by atoms with Gasteiger partial charge in [-0.05, 0) is 53.8 Å². The van der Waals surface area contributed by atoms with Gasteiger partial charge in [-0.1, -0.05) is 34.1 Å². The van der Waals surface area contributed by atoms with Crippen LogP contribution in [0.4, 0.5) is 5.69 Å². The molecule has 0 aliphatic carbocycles. The molecule has 0 amide bonds. The van der Waals surface area contributed by atoms with Crippen molar-refractivity contribution >= 4 is 21.6 Å². The van der Waals surface area contributed by atoms with Crippen molar-refractivity contribution in [1.82, 2.24) is 0 Å². The van der Waals surface area contributed by atoms with Gasteiger partial charge in [0.15, 0.2) is 0 Å². The molecule has 2 aromatic carbocycles. The van der Waals surface area contributed by atoms with Crippen molar-refractivity contribution < 1.29 is 0 Å². The first-order chi connectivity index (χ1) is 8.33. The smallest absolute Gasteiger partial charge is 0.0373 e. The maximum atomic E-state index is 3.47. The minimum absolute atomic E-state index is 1.10. The Balaban J connectivity index is 2.01. The molecule has 0 saturated heterocycles. The van der Waals surface area contributed by atoms with E-state index in [0.717, 1.165) is 11.0 Å². The number of halogens is 1. The maximum Gasteiger partial charge on any atom is 0.0373 e. The van der Waals surface area contributed by atoms with Crippen LogP contribution in [0.1, 0.15) is 12.0 Å². The van der Waals surface area contributed by atoms with E-state index in [2.05, 4.69) is 63.7 Å². The molecule has 1 N–H and O–H groups in total. The molecule has 86 valence electrons. The lowest BCUT2D eigenvalue weighted by molar-refractivity contribution is 0.830. The van der Waals surface area contributed by atoms with Crippen LogP contribution >= 0.6 is 15.9 Å². The Hall–Kier alpha value is -1.28. The number of benzene rings is 2. The molecule has 0 bridgehead atoms. The van der Waals surface area contributed by atoms with Gasteiger partial charge in [0.05, 0.1) is 0 Å². The van der Waals surface area contributed by atoms with Gasteiger partial charge in [-0.2, -0.15) is 0 Å². The molecule has 0 saturated carbocycles. The van der Waals surface area contributed by atoms with Crippen LogP contribution in [0.3, 0.4) is 0 Å². The molecule has 2 heteroatoms. The summed E-state index contributed by atoms with van der Waals surface area (Å²) in [4.78, 5) is 0. The van der Waals surface area contributed by atoms with Crippen molar-refractivity contribution in [3.63, 3.8) is 0 Å². The van der Waals surface area contributed by atoms with E-state index in [0.29, 0.717) is 0 Å². The van der Waals surface area contributed by atoms with Gasteiger partial charge in [-0.15, -0.1) is 0 Å². The number of rotatable bonds is 1. The second-order valence-corrected chi connectivity index (χ2v) is 5.32. The van der Waals surface area contributed by atoms with Crippen LogP contribution in [0.2, 0.25) is 0 Å². The molecule has 0 fully saturated rings. The minimum atomic E-state index is 1.10. The van der Waals surface area contributed by atoms with Crippen molar-refractivity contribution in [1.29, 1.82) is 0 Å². The normalized spacial score (nSPS) is 13.9. The number of fused-ring (bicyclic) bond motifs is 1. The van der Waals surface area contributed by atoms with Crippen LogP contribution in [0, 0.1) is 0 Å². The first-order valence-electron chi connectivity index (χ1n) is 5.96. The Morgan fingerprint density at radius 2 is 1.71 bits per heavy atom. The molecule has 3 rings (SSSR count). The summed E-state index contributed by atoms with van der Waals surface area (Å²) in [5.41, 5.74) is 5.33. The van der Waals surface area contributed by atoms with Crippen molar-refractivity contribution in [3.8, 4) is 11.1 Å². The average Bonchev–Trinajstić information content (AvgIpc) is 2.39. The van der Waals surface area contributed by atoms with E-state index in [-0.39, 0.29) is 0 Å². The molecule has 1 nitrogen and oxygen atoms in total. The van der Waals surface area contributed by atoms with E-state index in [4.69, 9.17) is 0 Å². The Morgan fingerprint density at radius 3 is 2.53 bits per heavy atom. The fourth-order valence-corrected chi connectivity index (χ4v) is 2.56. The number of nitrogens with one attached hydrogen (secondary N) is 1. The molecule has 1 aliphatic rings. The molecule has 1 aliphatic heterocycles. The summed E-state index contributed by atoms with van der Waals surface area (Å²) in [6.45, 7) is 1.10. The van der Waals surface area contributed by atoms with E-state index in [1.54, 1.807) is 0 Å². The third kappa shape index (κ3) is 2.22. The summed E-state index contributed by atoms with van der Waals surface area (Å²) in [5, 5.41) is 3.44. The molecule has 0 radical (unpaired) electrons. The zero-order valence-corrected chi connectivity index (χ0v) is 11.1. The molecular weight excluding hydrogens is 274 g/mol. The summed E-state index contributed by atoms with van der Waals surface area (Å²) in [6, 6.07) is 15.2. The van der Waals surface area contributed by atoms with E-state index in [9.17, 15) is 0 Å². The standard InChI is InChI=1S/C15H14BrN/c16-14-6-3-11(4-7-14)12-5-8-15-13(10-12)2-1-9-17-15/h3-8,10,17H,1-2,9H2. The average molecular weight is 288 g/mol. The van der Waals surface area contributed by atoms with Gasteiger partial charge in [0.2, 0.25) is 0 Å². The zero-order chi connectivity index (χ0) is 11.7. The molecule has 2 aromatic rings. The van der Waals surface area contributed by atoms with E-state index < -0.39 is 0 Å². The van der Waals surface area contributed by atoms with Gasteiger partial charge in [0.25, 0.3) is 0 Å². The topological polar surface area (TPSA) is 12.0 Å². The quantitative estimate of drug-likeness (QED) is 0.816. The first-order valence-corrected chi connectivity index (χ1v) is 6.75. The molecule has 0 unspecified atom stereocenters. The maximum absolute atomic E-state index is 3.47. The van der Waals surface area contributed by atoms with Crippen LogP contribution in [-0.2, 0) is 6.42 Å². The Labute approximate surface area is 110 Å². The summed E-state index contributed by atoms with van der Waals surface area (Å²) in [5.74, 6) is 0. The highest BCUT2D eigenvalue weighted by molar-refractivity contribution is 9.10. The highest BCUT2D eigenvalue weighted by Gasteiger charge is 2.09. The second kappa shape index (κ2) is 4.53. The first kappa shape index (κ1) is 10.8. The molecule has 0 spiro atoms. The predicted octanol–water partition coefficient (Wildman–Crippen LogP) is 4.47. The fourth-order valence-electron chi connectivity index (χ4n) is 2.30. The van der Waals surface area contributed by atoms with Gasteiger partial charge in [0.1, 0.15) is 0 Å². The lowest BCUT2D eigenvalue weighted by Crippen LogP contribution is -2.11. The van der Waals surface area contributed by atoms with E-state index in [1.807, 2.05) is 0 Å². The third-order valence-electron chi connectivity index (χ3n) is 3.22. The van der Waals surface area contributed by atoms with Crippen LogP contribution in [0.5, 0.6) is 0 Å². The van der Waals surface area contributed by atoms with Gasteiger partial charge >= 0.3 is 0 Å². The van der Waals surface area contributed by atoms with Crippen molar-refractivity contribution in [2.24, 2.45) is 0 Å². The van der Waals surface area contributed by atoms with E-state index >= 15 is 0 Å². The minimum Gasteiger partial charge on any atom is -0.385 e. The number of hydrogen-bond acceptors (Lipinski definition) is 1.